The third-order valence-corrected chi connectivity index (χ3v) is 6.05. The molecular weight excluding hydrogens is 382 g/mol. The zero-order valence-corrected chi connectivity index (χ0v) is 17.3. The molecule has 1 aliphatic heterocycles. The highest BCUT2D eigenvalue weighted by Gasteiger charge is 2.45. The molecule has 1 aromatic carbocycles. The summed E-state index contributed by atoms with van der Waals surface area (Å²) in [5, 5.41) is 18.3. The molecular formula is C23H27N3O4. The van der Waals surface area contributed by atoms with Gasteiger partial charge in [0.15, 0.2) is 5.76 Å². The number of benzene rings is 1. The quantitative estimate of drug-likeness (QED) is 0.651. The van der Waals surface area contributed by atoms with E-state index >= 15 is 0 Å². The van der Waals surface area contributed by atoms with Gasteiger partial charge >= 0.3 is 0 Å². The number of hydrogen-bond donors (Lipinski definition) is 2. The van der Waals surface area contributed by atoms with Crippen LogP contribution in [0.4, 0.5) is 0 Å². The van der Waals surface area contributed by atoms with Gasteiger partial charge in [0.25, 0.3) is 5.91 Å². The summed E-state index contributed by atoms with van der Waals surface area (Å²) in [6.45, 7) is 5.86. The van der Waals surface area contributed by atoms with Gasteiger partial charge in [-0.25, -0.2) is 0 Å². The molecule has 0 bridgehead atoms. The van der Waals surface area contributed by atoms with Crippen LogP contribution in [0.2, 0.25) is 0 Å². The summed E-state index contributed by atoms with van der Waals surface area (Å²) in [7, 11) is 0. The van der Waals surface area contributed by atoms with Crippen molar-refractivity contribution in [2.24, 2.45) is 0 Å². The molecule has 4 rings (SSSR count). The van der Waals surface area contributed by atoms with E-state index in [1.807, 2.05) is 44.2 Å². The lowest BCUT2D eigenvalue weighted by atomic mass is 9.78. The van der Waals surface area contributed by atoms with E-state index in [4.69, 9.17) is 8.94 Å². The molecule has 0 spiro atoms. The van der Waals surface area contributed by atoms with Crippen LogP contribution in [0.25, 0.3) is 0 Å². The summed E-state index contributed by atoms with van der Waals surface area (Å²) in [5.41, 5.74) is 2.05. The van der Waals surface area contributed by atoms with Crippen molar-refractivity contribution in [3.8, 4) is 0 Å². The Balaban J connectivity index is 1.51. The van der Waals surface area contributed by atoms with Gasteiger partial charge in [-0.2, -0.15) is 0 Å². The highest BCUT2D eigenvalue weighted by Crippen LogP contribution is 2.34. The average Bonchev–Trinajstić information content (AvgIpc) is 3.40. The first-order chi connectivity index (χ1) is 14.5. The smallest absolute Gasteiger partial charge is 0.287 e. The summed E-state index contributed by atoms with van der Waals surface area (Å²) < 4.78 is 10.5. The van der Waals surface area contributed by atoms with Crippen LogP contribution in [0, 0.1) is 13.8 Å². The number of aryl methyl sites for hydroxylation is 2. The van der Waals surface area contributed by atoms with Crippen molar-refractivity contribution in [2.45, 2.75) is 38.3 Å². The van der Waals surface area contributed by atoms with Gasteiger partial charge in [-0.15, -0.1) is 0 Å². The number of nitrogens with zero attached hydrogens (tertiary/aromatic N) is 2. The monoisotopic (exact) mass is 409 g/mol. The van der Waals surface area contributed by atoms with Crippen molar-refractivity contribution in [2.75, 3.05) is 19.6 Å². The maximum absolute atomic E-state index is 12.8. The van der Waals surface area contributed by atoms with E-state index in [1.54, 1.807) is 12.1 Å². The lowest BCUT2D eigenvalue weighted by Crippen LogP contribution is -2.62. The number of hydrogen-bond acceptors (Lipinski definition) is 6. The second kappa shape index (κ2) is 8.45. The standard InChI is InChI=1S/C23H27N3O4/c1-16-19(17(2)30-25-16)10-12-26-13-11-23(21(27)15-26,18-7-4-3-5-8-18)24-22(28)20-9-6-14-29-20/h3-9,14,21,27H,10-13,15H2,1-2H3,(H,24,28)/t21-,23+/m1/s1. The predicted molar refractivity (Wildman–Crippen MR) is 111 cm³/mol. The Morgan fingerprint density at radius 2 is 2.07 bits per heavy atom. The summed E-state index contributed by atoms with van der Waals surface area (Å²) in [6, 6.07) is 13.0. The Bertz CT molecular complexity index is 964. The first-order valence-corrected chi connectivity index (χ1v) is 10.2. The number of likely N-dealkylation sites (tertiary alicyclic amines) is 1. The average molecular weight is 409 g/mol. The SMILES string of the molecule is Cc1noc(C)c1CCN1CC[C@](NC(=O)c2ccco2)(c2ccccc2)[C@H](O)C1. The Morgan fingerprint density at radius 3 is 2.70 bits per heavy atom. The summed E-state index contributed by atoms with van der Waals surface area (Å²) in [4.78, 5) is 15.0. The maximum Gasteiger partial charge on any atom is 0.287 e. The zero-order chi connectivity index (χ0) is 21.1. The number of aromatic nitrogens is 1. The number of rotatable bonds is 6. The Hall–Kier alpha value is -2.90. The topological polar surface area (TPSA) is 91.7 Å². The van der Waals surface area contributed by atoms with Gasteiger partial charge in [-0.1, -0.05) is 35.5 Å². The van der Waals surface area contributed by atoms with Crippen LogP contribution in [0.1, 0.15) is 39.6 Å². The number of carbonyl (C=O) groups excluding carboxylic acids is 1. The molecule has 0 radical (unpaired) electrons. The molecule has 1 fully saturated rings. The van der Waals surface area contributed by atoms with E-state index in [-0.39, 0.29) is 11.7 Å². The van der Waals surface area contributed by atoms with E-state index in [9.17, 15) is 9.90 Å². The third kappa shape index (κ3) is 3.91. The minimum atomic E-state index is -0.870. The van der Waals surface area contributed by atoms with Gasteiger partial charge in [0.2, 0.25) is 0 Å². The molecule has 2 atom stereocenters. The molecule has 30 heavy (non-hydrogen) atoms. The second-order valence-electron chi connectivity index (χ2n) is 7.89. The predicted octanol–water partition coefficient (Wildman–Crippen LogP) is 2.82. The van der Waals surface area contributed by atoms with Gasteiger partial charge in [-0.3, -0.25) is 4.79 Å². The fourth-order valence-electron chi connectivity index (χ4n) is 4.29. The van der Waals surface area contributed by atoms with Crippen molar-refractivity contribution in [3.63, 3.8) is 0 Å². The first-order valence-electron chi connectivity index (χ1n) is 10.2. The number of β-amino-alcohol motifs (C(OH)–C–C–N with tert-alkyl or cyclic N) is 1. The van der Waals surface area contributed by atoms with Crippen molar-refractivity contribution in [1.29, 1.82) is 0 Å². The van der Waals surface area contributed by atoms with Crippen LogP contribution in [-0.2, 0) is 12.0 Å². The Morgan fingerprint density at radius 1 is 1.27 bits per heavy atom. The van der Waals surface area contributed by atoms with Crippen LogP contribution in [0.5, 0.6) is 0 Å². The van der Waals surface area contributed by atoms with Gasteiger partial charge in [0, 0.05) is 25.2 Å². The molecule has 1 saturated heterocycles. The lowest BCUT2D eigenvalue weighted by Gasteiger charge is -2.46. The number of carbonyl (C=O) groups is 1. The summed E-state index contributed by atoms with van der Waals surface area (Å²) >= 11 is 0. The van der Waals surface area contributed by atoms with Gasteiger partial charge in [-0.05, 0) is 44.4 Å². The van der Waals surface area contributed by atoms with E-state index in [2.05, 4.69) is 15.4 Å². The Labute approximate surface area is 175 Å². The van der Waals surface area contributed by atoms with Crippen LogP contribution < -0.4 is 5.32 Å². The normalized spacial score (nSPS) is 22.2. The van der Waals surface area contributed by atoms with Gasteiger partial charge in [0.05, 0.1) is 23.6 Å². The van der Waals surface area contributed by atoms with Crippen LogP contribution in [0.15, 0.2) is 57.7 Å². The van der Waals surface area contributed by atoms with Crippen molar-refractivity contribution >= 4 is 5.91 Å². The largest absolute Gasteiger partial charge is 0.459 e. The van der Waals surface area contributed by atoms with E-state index in [0.29, 0.717) is 13.0 Å². The van der Waals surface area contributed by atoms with E-state index in [0.717, 1.165) is 42.1 Å². The molecule has 1 amide bonds. The fraction of sp³-hybridized carbons (Fsp3) is 0.391. The molecule has 0 unspecified atom stereocenters. The van der Waals surface area contributed by atoms with Crippen molar-refractivity contribution in [3.05, 3.63) is 77.1 Å². The number of nitrogens with one attached hydrogen (secondary N) is 1. The number of furan rings is 1. The first kappa shape index (κ1) is 20.4. The lowest BCUT2D eigenvalue weighted by molar-refractivity contribution is -0.0156. The number of aliphatic hydroxyl groups excluding tert-OH is 1. The highest BCUT2D eigenvalue weighted by atomic mass is 16.5. The van der Waals surface area contributed by atoms with Crippen LogP contribution in [0.3, 0.4) is 0 Å². The summed E-state index contributed by atoms with van der Waals surface area (Å²) in [5.74, 6) is 0.750. The molecule has 0 aliphatic carbocycles. The van der Waals surface area contributed by atoms with Gasteiger partial charge < -0.3 is 24.3 Å². The molecule has 7 heteroatoms. The van der Waals surface area contributed by atoms with Crippen molar-refractivity contribution < 1.29 is 18.8 Å². The molecule has 3 aromatic rings. The Kier molecular flexibility index (Phi) is 5.74. The summed E-state index contributed by atoms with van der Waals surface area (Å²) in [6.07, 6.45) is 2.10. The van der Waals surface area contributed by atoms with E-state index < -0.39 is 11.6 Å². The molecule has 3 heterocycles. The second-order valence-corrected chi connectivity index (χ2v) is 7.89. The van der Waals surface area contributed by atoms with E-state index in [1.165, 1.54) is 6.26 Å². The molecule has 2 aromatic heterocycles. The molecule has 1 aliphatic rings. The van der Waals surface area contributed by atoms with Crippen LogP contribution >= 0.6 is 0 Å². The van der Waals surface area contributed by atoms with Gasteiger partial charge in [0.1, 0.15) is 5.76 Å². The third-order valence-electron chi connectivity index (χ3n) is 6.05. The minimum Gasteiger partial charge on any atom is -0.459 e. The number of amides is 1. The molecule has 7 nitrogen and oxygen atoms in total. The zero-order valence-electron chi connectivity index (χ0n) is 17.3. The fourth-order valence-corrected chi connectivity index (χ4v) is 4.29. The van der Waals surface area contributed by atoms with Crippen molar-refractivity contribution in [1.82, 2.24) is 15.4 Å². The van der Waals surface area contributed by atoms with Crippen LogP contribution in [-0.4, -0.2) is 46.8 Å². The molecule has 158 valence electrons. The maximum atomic E-state index is 12.8. The minimum absolute atomic E-state index is 0.235. The number of aliphatic hydroxyl groups is 1. The highest BCUT2D eigenvalue weighted by molar-refractivity contribution is 5.92. The molecule has 2 N–H and O–H groups in total. The molecule has 0 saturated carbocycles. The number of piperidine rings is 1.